The lowest BCUT2D eigenvalue weighted by Gasteiger charge is -2.28. The lowest BCUT2D eigenvalue weighted by molar-refractivity contribution is -0.142. The first kappa shape index (κ1) is 22.1. The van der Waals surface area contributed by atoms with Crippen molar-refractivity contribution in [3.05, 3.63) is 63.1 Å². The minimum absolute atomic E-state index is 0.166. The number of aryl methyl sites for hydroxylation is 2. The Hall–Kier alpha value is -2.24. The van der Waals surface area contributed by atoms with Gasteiger partial charge in [-0.3, -0.25) is 9.59 Å². The number of halogens is 2. The van der Waals surface area contributed by atoms with Gasteiger partial charge in [0.1, 0.15) is 11.8 Å². The van der Waals surface area contributed by atoms with E-state index in [1.807, 2.05) is 32.0 Å². The molecular formula is C21H24Cl2N2O3. The zero-order valence-electron chi connectivity index (χ0n) is 16.4. The fraction of sp³-hybridized carbons (Fsp3) is 0.333. The molecule has 0 saturated carbocycles. The molecule has 1 N–H and O–H groups in total. The topological polar surface area (TPSA) is 58.6 Å². The van der Waals surface area contributed by atoms with E-state index >= 15 is 0 Å². The Balaban J connectivity index is 2.19. The van der Waals surface area contributed by atoms with Crippen LogP contribution in [-0.2, 0) is 16.1 Å². The van der Waals surface area contributed by atoms with E-state index in [4.69, 9.17) is 27.9 Å². The second-order valence-electron chi connectivity index (χ2n) is 6.61. The van der Waals surface area contributed by atoms with E-state index in [0.29, 0.717) is 21.4 Å². The quantitative estimate of drug-likeness (QED) is 0.728. The number of amides is 2. The highest BCUT2D eigenvalue weighted by Gasteiger charge is 2.26. The van der Waals surface area contributed by atoms with Gasteiger partial charge < -0.3 is 15.0 Å². The van der Waals surface area contributed by atoms with Crippen molar-refractivity contribution in [1.29, 1.82) is 0 Å². The number of hydrogen-bond donors (Lipinski definition) is 1. The van der Waals surface area contributed by atoms with Gasteiger partial charge in [0, 0.05) is 23.6 Å². The third kappa shape index (κ3) is 5.63. The number of nitrogens with one attached hydrogen (secondary N) is 1. The number of likely N-dealkylation sites (N-methyl/N-ethyl adjacent to an activating group) is 1. The first-order chi connectivity index (χ1) is 13.2. The van der Waals surface area contributed by atoms with Crippen LogP contribution >= 0.6 is 23.2 Å². The first-order valence-electron chi connectivity index (χ1n) is 8.88. The molecule has 2 aromatic rings. The van der Waals surface area contributed by atoms with Crippen LogP contribution < -0.4 is 10.1 Å². The summed E-state index contributed by atoms with van der Waals surface area (Å²) in [7, 11) is 1.53. The van der Waals surface area contributed by atoms with Crippen LogP contribution in [0.1, 0.15) is 23.6 Å². The lowest BCUT2D eigenvalue weighted by Crippen LogP contribution is -2.48. The van der Waals surface area contributed by atoms with E-state index in [9.17, 15) is 9.59 Å². The molecule has 0 saturated heterocycles. The zero-order chi connectivity index (χ0) is 20.8. The molecule has 7 heteroatoms. The Labute approximate surface area is 175 Å². The average Bonchev–Trinajstić information content (AvgIpc) is 2.65. The highest BCUT2D eigenvalue weighted by molar-refractivity contribution is 6.35. The van der Waals surface area contributed by atoms with Crippen LogP contribution in [0.4, 0.5) is 0 Å². The molecule has 150 valence electrons. The molecule has 1 atom stereocenters. The molecule has 0 fully saturated rings. The summed E-state index contributed by atoms with van der Waals surface area (Å²) in [4.78, 5) is 26.5. The maximum absolute atomic E-state index is 12.9. The fourth-order valence-electron chi connectivity index (χ4n) is 2.81. The molecule has 0 aliphatic heterocycles. The number of benzene rings is 2. The molecule has 2 rings (SSSR count). The Morgan fingerprint density at radius 3 is 2.46 bits per heavy atom. The van der Waals surface area contributed by atoms with Crippen LogP contribution in [0.2, 0.25) is 10.0 Å². The van der Waals surface area contributed by atoms with E-state index in [0.717, 1.165) is 11.1 Å². The molecule has 0 bridgehead atoms. The van der Waals surface area contributed by atoms with Crippen molar-refractivity contribution in [3.63, 3.8) is 0 Å². The number of nitrogens with zero attached hydrogens (tertiary/aromatic N) is 1. The second kappa shape index (κ2) is 9.80. The predicted octanol–water partition coefficient (Wildman–Crippen LogP) is 4.15. The SMILES string of the molecule is CNC(=O)[C@H](C)N(Cc1ccc(Cl)cc1Cl)C(=O)COc1ccc(C)cc1C. The summed E-state index contributed by atoms with van der Waals surface area (Å²) < 4.78 is 5.71. The Bertz CT molecular complexity index is 871. The van der Waals surface area contributed by atoms with Crippen LogP contribution in [-0.4, -0.2) is 36.4 Å². The first-order valence-corrected chi connectivity index (χ1v) is 9.63. The van der Waals surface area contributed by atoms with Gasteiger partial charge in [-0.2, -0.15) is 0 Å². The van der Waals surface area contributed by atoms with Crippen molar-refractivity contribution in [2.75, 3.05) is 13.7 Å². The van der Waals surface area contributed by atoms with Crippen molar-refractivity contribution in [1.82, 2.24) is 10.2 Å². The molecule has 28 heavy (non-hydrogen) atoms. The van der Waals surface area contributed by atoms with E-state index in [1.54, 1.807) is 25.1 Å². The van der Waals surface area contributed by atoms with Crippen LogP contribution in [0.5, 0.6) is 5.75 Å². The smallest absolute Gasteiger partial charge is 0.261 e. The summed E-state index contributed by atoms with van der Waals surface area (Å²) in [6.45, 7) is 5.56. The van der Waals surface area contributed by atoms with Crippen LogP contribution in [0.15, 0.2) is 36.4 Å². The Kier molecular flexibility index (Phi) is 7.72. The standard InChI is InChI=1S/C21H24Cl2N2O3/c1-13-5-8-19(14(2)9-13)28-12-20(26)25(15(3)21(27)24-4)11-16-6-7-17(22)10-18(16)23/h5-10,15H,11-12H2,1-4H3,(H,24,27)/t15-/m0/s1. The minimum Gasteiger partial charge on any atom is -0.483 e. The number of ether oxygens (including phenoxy) is 1. The Morgan fingerprint density at radius 2 is 1.86 bits per heavy atom. The fourth-order valence-corrected chi connectivity index (χ4v) is 3.28. The zero-order valence-corrected chi connectivity index (χ0v) is 17.9. The molecule has 0 heterocycles. The molecule has 5 nitrogen and oxygen atoms in total. The van der Waals surface area contributed by atoms with Gasteiger partial charge in [-0.1, -0.05) is 47.0 Å². The molecular weight excluding hydrogens is 399 g/mol. The highest BCUT2D eigenvalue weighted by Crippen LogP contribution is 2.24. The molecule has 2 amide bonds. The maximum atomic E-state index is 12.9. The van der Waals surface area contributed by atoms with E-state index in [2.05, 4.69) is 5.32 Å². The number of carbonyl (C=O) groups is 2. The van der Waals surface area contributed by atoms with E-state index < -0.39 is 6.04 Å². The predicted molar refractivity (Wildman–Crippen MR) is 112 cm³/mol. The van der Waals surface area contributed by atoms with Gasteiger partial charge in [0.05, 0.1) is 0 Å². The number of carbonyl (C=O) groups excluding carboxylic acids is 2. The van der Waals surface area contributed by atoms with E-state index in [-0.39, 0.29) is 25.0 Å². The molecule has 0 radical (unpaired) electrons. The van der Waals surface area contributed by atoms with Gasteiger partial charge in [-0.25, -0.2) is 0 Å². The third-order valence-corrected chi connectivity index (χ3v) is 5.04. The van der Waals surface area contributed by atoms with Gasteiger partial charge in [0.25, 0.3) is 5.91 Å². The lowest BCUT2D eigenvalue weighted by atomic mass is 10.1. The normalized spacial score (nSPS) is 11.6. The van der Waals surface area contributed by atoms with Gasteiger partial charge in [-0.05, 0) is 50.1 Å². The minimum atomic E-state index is -0.688. The molecule has 0 spiro atoms. The highest BCUT2D eigenvalue weighted by atomic mass is 35.5. The molecule has 0 aliphatic rings. The second-order valence-corrected chi connectivity index (χ2v) is 7.45. The van der Waals surface area contributed by atoms with Gasteiger partial charge in [0.15, 0.2) is 6.61 Å². The van der Waals surface area contributed by atoms with Crippen LogP contribution in [0, 0.1) is 13.8 Å². The third-order valence-electron chi connectivity index (χ3n) is 4.45. The summed E-state index contributed by atoms with van der Waals surface area (Å²) in [5.41, 5.74) is 2.75. The van der Waals surface area contributed by atoms with Gasteiger partial charge in [-0.15, -0.1) is 0 Å². The summed E-state index contributed by atoms with van der Waals surface area (Å²) in [6.07, 6.45) is 0. The monoisotopic (exact) mass is 422 g/mol. The van der Waals surface area contributed by atoms with Crippen molar-refractivity contribution in [3.8, 4) is 5.75 Å². The Morgan fingerprint density at radius 1 is 1.14 bits per heavy atom. The molecule has 2 aromatic carbocycles. The number of rotatable bonds is 7. The largest absolute Gasteiger partial charge is 0.483 e. The average molecular weight is 423 g/mol. The summed E-state index contributed by atoms with van der Waals surface area (Å²) in [6, 6.07) is 10.1. The summed E-state index contributed by atoms with van der Waals surface area (Å²) in [5, 5.41) is 3.51. The van der Waals surface area contributed by atoms with Gasteiger partial charge in [0.2, 0.25) is 5.91 Å². The molecule has 0 unspecified atom stereocenters. The summed E-state index contributed by atoms with van der Waals surface area (Å²) >= 11 is 12.2. The van der Waals surface area contributed by atoms with E-state index in [1.165, 1.54) is 11.9 Å². The number of hydrogen-bond acceptors (Lipinski definition) is 3. The van der Waals surface area contributed by atoms with Crippen molar-refractivity contribution in [2.45, 2.75) is 33.4 Å². The molecule has 0 aromatic heterocycles. The van der Waals surface area contributed by atoms with Crippen LogP contribution in [0.25, 0.3) is 0 Å². The molecule has 0 aliphatic carbocycles. The van der Waals surface area contributed by atoms with Crippen molar-refractivity contribution in [2.24, 2.45) is 0 Å². The van der Waals surface area contributed by atoms with Crippen molar-refractivity contribution < 1.29 is 14.3 Å². The van der Waals surface area contributed by atoms with Crippen LogP contribution in [0.3, 0.4) is 0 Å². The van der Waals surface area contributed by atoms with Crippen molar-refractivity contribution >= 4 is 35.0 Å². The van der Waals surface area contributed by atoms with Gasteiger partial charge >= 0.3 is 0 Å². The summed E-state index contributed by atoms with van der Waals surface area (Å²) in [5.74, 6) is 0.0445. The maximum Gasteiger partial charge on any atom is 0.261 e.